The molecule has 0 bridgehead atoms. The van der Waals surface area contributed by atoms with E-state index in [2.05, 4.69) is 0 Å². The van der Waals surface area contributed by atoms with Crippen LogP contribution in [0.25, 0.3) is 11.0 Å². The van der Waals surface area contributed by atoms with Crippen molar-refractivity contribution in [3.05, 3.63) is 39.2 Å². The number of cyclic esters (lactones) is 1. The molecule has 5 rings (SSSR count). The second-order valence-corrected chi connectivity index (χ2v) is 8.67. The molecule has 2 fully saturated rings. The van der Waals surface area contributed by atoms with Crippen molar-refractivity contribution in [3.63, 3.8) is 0 Å². The quantitative estimate of drug-likeness (QED) is 0.549. The van der Waals surface area contributed by atoms with E-state index in [9.17, 15) is 14.4 Å². The summed E-state index contributed by atoms with van der Waals surface area (Å²) < 4.78 is 21.8. The number of rotatable bonds is 3. The number of nitrogens with zero attached hydrogens (tertiary/aromatic N) is 1. The normalized spacial score (nSPS) is 20.5. The number of carbonyl (C=O) groups excluding carboxylic acids is 2. The minimum absolute atomic E-state index is 0.130. The molecule has 1 aliphatic carbocycles. The Hall–Kier alpha value is -3.03. The average molecular weight is 427 g/mol. The first kappa shape index (κ1) is 19.9. The average Bonchev–Trinajstić information content (AvgIpc) is 3.38. The topological polar surface area (TPSA) is 95.3 Å². The SMILES string of the molecule is Cc1c(OC(C)C(=O)N2CCC3(CC2)COC(=O)O3)ccc2c3c(c(=O)oc12)CCC3. The van der Waals surface area contributed by atoms with E-state index in [0.29, 0.717) is 37.3 Å². The Labute approximate surface area is 179 Å². The summed E-state index contributed by atoms with van der Waals surface area (Å²) in [7, 11) is 0. The van der Waals surface area contributed by atoms with Gasteiger partial charge in [0.15, 0.2) is 11.7 Å². The highest BCUT2D eigenvalue weighted by molar-refractivity contribution is 5.87. The van der Waals surface area contributed by atoms with Crippen molar-refractivity contribution in [2.75, 3.05) is 19.7 Å². The lowest BCUT2D eigenvalue weighted by Crippen LogP contribution is -2.51. The van der Waals surface area contributed by atoms with E-state index in [1.165, 1.54) is 0 Å². The van der Waals surface area contributed by atoms with Gasteiger partial charge >= 0.3 is 11.8 Å². The van der Waals surface area contributed by atoms with Gasteiger partial charge in [0.1, 0.15) is 17.9 Å². The Bertz CT molecular complexity index is 1130. The van der Waals surface area contributed by atoms with Crippen LogP contribution in [-0.4, -0.2) is 48.4 Å². The summed E-state index contributed by atoms with van der Waals surface area (Å²) in [6.45, 7) is 4.75. The number of likely N-dealkylation sites (tertiary alicyclic amines) is 1. The molecule has 8 heteroatoms. The van der Waals surface area contributed by atoms with Crippen molar-refractivity contribution < 1.29 is 28.2 Å². The zero-order chi connectivity index (χ0) is 21.8. The van der Waals surface area contributed by atoms with E-state index < -0.39 is 17.9 Å². The van der Waals surface area contributed by atoms with Gasteiger partial charge in [-0.25, -0.2) is 9.59 Å². The molecule has 3 heterocycles. The molecular weight excluding hydrogens is 402 g/mol. The van der Waals surface area contributed by atoms with Gasteiger partial charge in [-0.05, 0) is 50.8 Å². The maximum atomic E-state index is 12.9. The van der Waals surface area contributed by atoms with Gasteiger partial charge in [0.05, 0.1) is 0 Å². The van der Waals surface area contributed by atoms with Crippen LogP contribution in [0.3, 0.4) is 0 Å². The lowest BCUT2D eigenvalue weighted by molar-refractivity contribution is -0.141. The fourth-order valence-corrected chi connectivity index (χ4v) is 4.90. The maximum absolute atomic E-state index is 12.9. The summed E-state index contributed by atoms with van der Waals surface area (Å²) >= 11 is 0. The number of amides is 1. The largest absolute Gasteiger partial charge is 0.509 e. The van der Waals surface area contributed by atoms with Gasteiger partial charge in [-0.3, -0.25) is 4.79 Å². The van der Waals surface area contributed by atoms with Gasteiger partial charge in [-0.2, -0.15) is 0 Å². The number of hydrogen-bond acceptors (Lipinski definition) is 7. The van der Waals surface area contributed by atoms with Crippen molar-refractivity contribution in [1.82, 2.24) is 4.90 Å². The zero-order valence-electron chi connectivity index (χ0n) is 17.7. The van der Waals surface area contributed by atoms with Crippen LogP contribution in [0.1, 0.15) is 42.9 Å². The molecule has 2 saturated heterocycles. The molecule has 1 aromatic carbocycles. The second kappa shape index (κ2) is 7.28. The maximum Gasteiger partial charge on any atom is 0.509 e. The van der Waals surface area contributed by atoms with Crippen LogP contribution in [-0.2, 0) is 27.1 Å². The summed E-state index contributed by atoms with van der Waals surface area (Å²) in [5, 5.41) is 0.950. The molecule has 31 heavy (non-hydrogen) atoms. The molecule has 8 nitrogen and oxygen atoms in total. The molecule has 0 radical (unpaired) electrons. The van der Waals surface area contributed by atoms with Crippen molar-refractivity contribution in [3.8, 4) is 5.75 Å². The van der Waals surface area contributed by atoms with Crippen LogP contribution in [0.15, 0.2) is 21.3 Å². The summed E-state index contributed by atoms with van der Waals surface area (Å²) in [5.41, 5.74) is 2.23. The second-order valence-electron chi connectivity index (χ2n) is 8.67. The van der Waals surface area contributed by atoms with E-state index in [1.807, 2.05) is 19.1 Å². The van der Waals surface area contributed by atoms with E-state index >= 15 is 0 Å². The Balaban J connectivity index is 1.31. The van der Waals surface area contributed by atoms with Crippen molar-refractivity contribution in [2.45, 2.75) is 57.7 Å². The number of fused-ring (bicyclic) bond motifs is 3. The highest BCUT2D eigenvalue weighted by atomic mass is 16.8. The molecule has 1 spiro atoms. The standard InChI is InChI=1S/C23H25NO7/c1-13-18(7-6-16-15-4-3-5-17(15)21(26)30-19(13)16)29-14(2)20(25)24-10-8-23(9-11-24)12-28-22(27)31-23/h6-7,14H,3-5,8-12H2,1-2H3. The van der Waals surface area contributed by atoms with Crippen LogP contribution < -0.4 is 10.4 Å². The molecular formula is C23H25NO7. The zero-order valence-corrected chi connectivity index (χ0v) is 17.7. The van der Waals surface area contributed by atoms with Gasteiger partial charge in [0, 0.05) is 42.4 Å². The fraction of sp³-hybridized carbons (Fsp3) is 0.522. The number of piperidine rings is 1. The Morgan fingerprint density at radius 2 is 1.90 bits per heavy atom. The summed E-state index contributed by atoms with van der Waals surface area (Å²) in [4.78, 5) is 38.3. The van der Waals surface area contributed by atoms with Crippen LogP contribution in [0.2, 0.25) is 0 Å². The van der Waals surface area contributed by atoms with Crippen molar-refractivity contribution in [2.24, 2.45) is 0 Å². The monoisotopic (exact) mass is 427 g/mol. The Morgan fingerprint density at radius 1 is 1.16 bits per heavy atom. The molecule has 1 unspecified atom stereocenters. The molecule has 1 amide bonds. The molecule has 2 aliphatic heterocycles. The van der Waals surface area contributed by atoms with Gasteiger partial charge in [-0.15, -0.1) is 0 Å². The molecule has 164 valence electrons. The van der Waals surface area contributed by atoms with Crippen LogP contribution in [0, 0.1) is 6.92 Å². The van der Waals surface area contributed by atoms with E-state index in [0.717, 1.165) is 41.3 Å². The molecule has 0 N–H and O–H groups in total. The minimum atomic E-state index is -0.700. The highest BCUT2D eigenvalue weighted by Gasteiger charge is 2.45. The predicted octanol–water partition coefficient (Wildman–Crippen LogP) is 2.89. The lowest BCUT2D eigenvalue weighted by Gasteiger charge is -2.37. The third-order valence-corrected chi connectivity index (χ3v) is 6.73. The minimum Gasteiger partial charge on any atom is -0.480 e. The summed E-state index contributed by atoms with van der Waals surface area (Å²) in [6, 6.07) is 3.77. The Morgan fingerprint density at radius 3 is 2.61 bits per heavy atom. The first-order valence-electron chi connectivity index (χ1n) is 10.8. The number of aryl methyl sites for hydroxylation is 2. The molecule has 1 aromatic heterocycles. The summed E-state index contributed by atoms with van der Waals surface area (Å²) in [6.07, 6.45) is 2.35. The number of hydrogen-bond donors (Lipinski definition) is 0. The number of ether oxygens (including phenoxy) is 3. The first-order valence-corrected chi connectivity index (χ1v) is 10.8. The van der Waals surface area contributed by atoms with E-state index in [-0.39, 0.29) is 18.1 Å². The molecule has 0 saturated carbocycles. The molecule has 3 aliphatic rings. The third-order valence-electron chi connectivity index (χ3n) is 6.73. The molecule has 1 atom stereocenters. The van der Waals surface area contributed by atoms with Crippen molar-refractivity contribution >= 4 is 23.0 Å². The lowest BCUT2D eigenvalue weighted by atomic mass is 9.92. The number of carbonyl (C=O) groups is 2. The van der Waals surface area contributed by atoms with Gasteiger partial charge in [-0.1, -0.05) is 0 Å². The smallest absolute Gasteiger partial charge is 0.480 e. The van der Waals surface area contributed by atoms with Gasteiger partial charge in [0.25, 0.3) is 5.91 Å². The fourth-order valence-electron chi connectivity index (χ4n) is 4.90. The van der Waals surface area contributed by atoms with E-state index in [1.54, 1.807) is 11.8 Å². The highest BCUT2D eigenvalue weighted by Crippen LogP contribution is 2.34. The number of benzene rings is 1. The van der Waals surface area contributed by atoms with Crippen LogP contribution >= 0.6 is 0 Å². The predicted molar refractivity (Wildman–Crippen MR) is 110 cm³/mol. The Kier molecular flexibility index (Phi) is 4.68. The van der Waals surface area contributed by atoms with E-state index in [4.69, 9.17) is 18.6 Å². The molecule has 2 aromatic rings. The van der Waals surface area contributed by atoms with Gasteiger partial charge < -0.3 is 23.5 Å². The van der Waals surface area contributed by atoms with Gasteiger partial charge in [0.2, 0.25) is 0 Å². The van der Waals surface area contributed by atoms with Crippen LogP contribution in [0.4, 0.5) is 4.79 Å². The van der Waals surface area contributed by atoms with Crippen LogP contribution in [0.5, 0.6) is 5.75 Å². The third kappa shape index (κ3) is 3.34. The first-order chi connectivity index (χ1) is 14.9. The van der Waals surface area contributed by atoms with Crippen molar-refractivity contribution in [1.29, 1.82) is 0 Å². The summed E-state index contributed by atoms with van der Waals surface area (Å²) in [5.74, 6) is 0.399.